The third kappa shape index (κ3) is 4.10. The molecule has 0 atom stereocenters. The number of hydrogen-bond donors (Lipinski definition) is 2. The van der Waals surface area contributed by atoms with Gasteiger partial charge in [-0.05, 0) is 25.1 Å². The number of carbonyl (C=O) groups is 1. The number of allylic oxidation sites excluding steroid dienone is 1. The zero-order valence-electron chi connectivity index (χ0n) is 11.6. The number of carbonyl (C=O) groups excluding carboxylic acids is 1. The second-order valence-electron chi connectivity index (χ2n) is 4.55. The molecule has 0 spiro atoms. The first-order valence-corrected chi connectivity index (χ1v) is 6.84. The molecule has 0 radical (unpaired) electrons. The van der Waals surface area contributed by atoms with Crippen LogP contribution in [0.5, 0.6) is 0 Å². The van der Waals surface area contributed by atoms with Crippen molar-refractivity contribution in [1.82, 2.24) is 15.3 Å². The molecule has 0 amide bonds. The summed E-state index contributed by atoms with van der Waals surface area (Å²) < 4.78 is 0. The number of hydrogen-bond acceptors (Lipinski definition) is 5. The van der Waals surface area contributed by atoms with Gasteiger partial charge in [-0.1, -0.05) is 11.6 Å². The van der Waals surface area contributed by atoms with Crippen molar-refractivity contribution in [3.8, 4) is 0 Å². The van der Waals surface area contributed by atoms with E-state index < -0.39 is 0 Å². The SMILES string of the molecule is CC(=O)CCN/C=C(\C=N)c1cnc2ccc(Cl)nc2c1. The zero-order chi connectivity index (χ0) is 15.2. The summed E-state index contributed by atoms with van der Waals surface area (Å²) in [6.07, 6.45) is 5.06. The Morgan fingerprint density at radius 2 is 2.24 bits per heavy atom. The molecule has 0 aliphatic carbocycles. The third-order valence-corrected chi connectivity index (χ3v) is 3.08. The van der Waals surface area contributed by atoms with Crippen molar-refractivity contribution in [1.29, 1.82) is 5.41 Å². The van der Waals surface area contributed by atoms with Gasteiger partial charge < -0.3 is 10.7 Å². The van der Waals surface area contributed by atoms with E-state index >= 15 is 0 Å². The van der Waals surface area contributed by atoms with Crippen molar-refractivity contribution in [2.45, 2.75) is 13.3 Å². The highest BCUT2D eigenvalue weighted by atomic mass is 35.5. The van der Waals surface area contributed by atoms with E-state index in [4.69, 9.17) is 17.0 Å². The maximum Gasteiger partial charge on any atom is 0.131 e. The predicted molar refractivity (Wildman–Crippen MR) is 84.6 cm³/mol. The van der Waals surface area contributed by atoms with E-state index in [9.17, 15) is 4.79 Å². The third-order valence-electron chi connectivity index (χ3n) is 2.87. The molecule has 0 unspecified atom stereocenters. The second-order valence-corrected chi connectivity index (χ2v) is 4.93. The van der Waals surface area contributed by atoms with Crippen LogP contribution in [0.4, 0.5) is 0 Å². The van der Waals surface area contributed by atoms with Crippen LogP contribution in [0.1, 0.15) is 18.9 Å². The molecule has 0 bridgehead atoms. The van der Waals surface area contributed by atoms with Crippen LogP contribution in [0.2, 0.25) is 5.15 Å². The van der Waals surface area contributed by atoms with Crippen LogP contribution in [0.3, 0.4) is 0 Å². The van der Waals surface area contributed by atoms with Gasteiger partial charge in [0.25, 0.3) is 0 Å². The van der Waals surface area contributed by atoms with Crippen LogP contribution in [0.25, 0.3) is 16.6 Å². The number of nitrogens with zero attached hydrogens (tertiary/aromatic N) is 2. The molecule has 2 rings (SSSR count). The molecular formula is C15H15ClN4O. The molecule has 2 heterocycles. The summed E-state index contributed by atoms with van der Waals surface area (Å²) >= 11 is 5.87. The van der Waals surface area contributed by atoms with Gasteiger partial charge in [0.05, 0.1) is 11.0 Å². The molecule has 0 aliphatic heterocycles. The maximum atomic E-state index is 10.9. The van der Waals surface area contributed by atoms with Crippen LogP contribution >= 0.6 is 11.6 Å². The van der Waals surface area contributed by atoms with E-state index in [0.717, 1.165) is 11.1 Å². The minimum absolute atomic E-state index is 0.124. The Balaban J connectivity index is 2.23. The Labute approximate surface area is 127 Å². The molecule has 2 aromatic rings. The molecule has 2 N–H and O–H groups in total. The molecule has 0 saturated carbocycles. The highest BCUT2D eigenvalue weighted by Crippen LogP contribution is 2.18. The van der Waals surface area contributed by atoms with E-state index in [2.05, 4.69) is 15.3 Å². The molecule has 0 aromatic carbocycles. The molecule has 21 heavy (non-hydrogen) atoms. The van der Waals surface area contributed by atoms with Gasteiger partial charge in [-0.2, -0.15) is 0 Å². The topological polar surface area (TPSA) is 78.7 Å². The van der Waals surface area contributed by atoms with Crippen molar-refractivity contribution in [3.63, 3.8) is 0 Å². The molecular weight excluding hydrogens is 288 g/mol. The molecule has 0 aliphatic rings. The lowest BCUT2D eigenvalue weighted by molar-refractivity contribution is -0.116. The monoisotopic (exact) mass is 302 g/mol. The quantitative estimate of drug-likeness (QED) is 0.488. The number of fused-ring (bicyclic) bond motifs is 1. The van der Waals surface area contributed by atoms with Gasteiger partial charge in [0, 0.05) is 42.7 Å². The second kappa shape index (κ2) is 6.95. The van der Waals surface area contributed by atoms with Crippen molar-refractivity contribution in [2.75, 3.05) is 6.54 Å². The number of nitrogens with one attached hydrogen (secondary N) is 2. The first-order valence-electron chi connectivity index (χ1n) is 6.46. The summed E-state index contributed by atoms with van der Waals surface area (Å²) in [4.78, 5) is 19.4. The highest BCUT2D eigenvalue weighted by Gasteiger charge is 2.03. The van der Waals surface area contributed by atoms with Crippen LogP contribution in [-0.4, -0.2) is 28.5 Å². The lowest BCUT2D eigenvalue weighted by atomic mass is 10.1. The van der Waals surface area contributed by atoms with Crippen molar-refractivity contribution in [2.24, 2.45) is 0 Å². The summed E-state index contributed by atoms with van der Waals surface area (Å²) in [6, 6.07) is 5.32. The van der Waals surface area contributed by atoms with E-state index in [-0.39, 0.29) is 5.78 Å². The minimum Gasteiger partial charge on any atom is -0.390 e. The van der Waals surface area contributed by atoms with Crippen molar-refractivity contribution < 1.29 is 4.79 Å². The molecule has 108 valence electrons. The molecule has 0 saturated heterocycles. The fourth-order valence-corrected chi connectivity index (χ4v) is 1.93. The van der Waals surface area contributed by atoms with Crippen LogP contribution < -0.4 is 5.32 Å². The van der Waals surface area contributed by atoms with Gasteiger partial charge in [0.1, 0.15) is 10.9 Å². The van der Waals surface area contributed by atoms with Crippen LogP contribution in [0.15, 0.2) is 30.6 Å². The first-order chi connectivity index (χ1) is 10.1. The summed E-state index contributed by atoms with van der Waals surface area (Å²) in [5.41, 5.74) is 2.85. The molecule has 6 heteroatoms. The average Bonchev–Trinajstić information content (AvgIpc) is 2.46. The van der Waals surface area contributed by atoms with Gasteiger partial charge in [0.15, 0.2) is 0 Å². The number of rotatable bonds is 6. The fourth-order valence-electron chi connectivity index (χ4n) is 1.78. The first kappa shape index (κ1) is 15.1. The molecule has 5 nitrogen and oxygen atoms in total. The van der Waals surface area contributed by atoms with Crippen LogP contribution in [-0.2, 0) is 4.79 Å². The Kier molecular flexibility index (Phi) is 5.00. The highest BCUT2D eigenvalue weighted by molar-refractivity contribution is 6.29. The molecule has 0 fully saturated rings. The van der Waals surface area contributed by atoms with E-state index in [0.29, 0.717) is 29.2 Å². The van der Waals surface area contributed by atoms with Gasteiger partial charge in [-0.3, -0.25) is 9.78 Å². The lowest BCUT2D eigenvalue weighted by Crippen LogP contribution is -2.11. The van der Waals surface area contributed by atoms with Gasteiger partial charge in [0.2, 0.25) is 0 Å². The molecule has 2 aromatic heterocycles. The Bertz CT molecular complexity index is 712. The number of pyridine rings is 2. The number of Topliss-reactive ketones (excluding diaryl/α,β-unsaturated/α-hetero) is 1. The number of ketones is 1. The minimum atomic E-state index is 0.124. The summed E-state index contributed by atoms with van der Waals surface area (Å²) in [6.45, 7) is 2.09. The van der Waals surface area contributed by atoms with Crippen LogP contribution in [0, 0.1) is 5.41 Å². The number of halogens is 1. The zero-order valence-corrected chi connectivity index (χ0v) is 12.3. The average molecular weight is 303 g/mol. The standard InChI is InChI=1S/C15H15ClN4O/c1-10(21)4-5-18-8-12(7-17)11-6-14-13(19-9-11)2-3-15(16)20-14/h2-3,6-9,17-18H,4-5H2,1H3/b12-8+,17-7?. The number of aromatic nitrogens is 2. The smallest absolute Gasteiger partial charge is 0.131 e. The Morgan fingerprint density at radius 3 is 2.95 bits per heavy atom. The van der Waals surface area contributed by atoms with Gasteiger partial charge in [-0.15, -0.1) is 0 Å². The van der Waals surface area contributed by atoms with Gasteiger partial charge >= 0.3 is 0 Å². The normalized spacial score (nSPS) is 11.4. The Hall–Kier alpha value is -2.27. The fraction of sp³-hybridized carbons (Fsp3) is 0.200. The largest absolute Gasteiger partial charge is 0.390 e. The van der Waals surface area contributed by atoms with Crippen molar-refractivity contribution >= 4 is 40.2 Å². The summed E-state index contributed by atoms with van der Waals surface area (Å²) in [7, 11) is 0. The lowest BCUT2D eigenvalue weighted by Gasteiger charge is -2.05. The van der Waals surface area contributed by atoms with E-state index in [1.807, 2.05) is 6.07 Å². The van der Waals surface area contributed by atoms with E-state index in [1.165, 1.54) is 6.21 Å². The van der Waals surface area contributed by atoms with Crippen molar-refractivity contribution in [3.05, 3.63) is 41.3 Å². The summed E-state index contributed by atoms with van der Waals surface area (Å²) in [5, 5.41) is 10.9. The van der Waals surface area contributed by atoms with Gasteiger partial charge in [-0.25, -0.2) is 4.98 Å². The Morgan fingerprint density at radius 1 is 1.43 bits per heavy atom. The summed E-state index contributed by atoms with van der Waals surface area (Å²) in [5.74, 6) is 0.124. The predicted octanol–water partition coefficient (Wildman–Crippen LogP) is 2.84. The maximum absolute atomic E-state index is 10.9. The van der Waals surface area contributed by atoms with E-state index in [1.54, 1.807) is 31.5 Å².